The molecule has 4 heteroatoms. The van der Waals surface area contributed by atoms with Crippen LogP contribution in [0, 0.1) is 0 Å². The van der Waals surface area contributed by atoms with Crippen LogP contribution in [0.4, 0.5) is 5.69 Å². The summed E-state index contributed by atoms with van der Waals surface area (Å²) < 4.78 is 5.29. The maximum Gasteiger partial charge on any atom is 0.213 e. The average molecular weight is 236 g/mol. The highest BCUT2D eigenvalue weighted by molar-refractivity contribution is 5.43. The highest BCUT2D eigenvalue weighted by Crippen LogP contribution is 2.22. The van der Waals surface area contributed by atoms with Gasteiger partial charge in [-0.1, -0.05) is 0 Å². The van der Waals surface area contributed by atoms with Gasteiger partial charge in [-0.15, -0.1) is 0 Å². The van der Waals surface area contributed by atoms with E-state index in [1.54, 1.807) is 6.20 Å². The SMILES string of the molecule is CCOc1ccc(NC2CCC(O)CC2)cn1. The van der Waals surface area contributed by atoms with E-state index in [1.807, 2.05) is 19.1 Å². The molecule has 1 aliphatic rings. The lowest BCUT2D eigenvalue weighted by molar-refractivity contribution is 0.126. The van der Waals surface area contributed by atoms with Crippen LogP contribution < -0.4 is 10.1 Å². The van der Waals surface area contributed by atoms with Crippen molar-refractivity contribution in [1.82, 2.24) is 4.98 Å². The summed E-state index contributed by atoms with van der Waals surface area (Å²) in [4.78, 5) is 4.21. The number of hydrogen-bond donors (Lipinski definition) is 2. The van der Waals surface area contributed by atoms with Gasteiger partial charge in [-0.2, -0.15) is 0 Å². The highest BCUT2D eigenvalue weighted by atomic mass is 16.5. The third-order valence-electron chi connectivity index (χ3n) is 3.10. The topological polar surface area (TPSA) is 54.4 Å². The summed E-state index contributed by atoms with van der Waals surface area (Å²) in [5.41, 5.74) is 1.02. The number of nitrogens with zero attached hydrogens (tertiary/aromatic N) is 1. The molecule has 1 aromatic heterocycles. The van der Waals surface area contributed by atoms with Gasteiger partial charge in [0, 0.05) is 12.1 Å². The van der Waals surface area contributed by atoms with Gasteiger partial charge in [0.25, 0.3) is 0 Å². The minimum absolute atomic E-state index is 0.105. The molecule has 0 saturated heterocycles. The summed E-state index contributed by atoms with van der Waals surface area (Å²) in [6.45, 7) is 2.58. The molecule has 1 saturated carbocycles. The smallest absolute Gasteiger partial charge is 0.213 e. The molecule has 2 rings (SSSR count). The number of anilines is 1. The number of aromatic nitrogens is 1. The van der Waals surface area contributed by atoms with Crippen molar-refractivity contribution in [2.45, 2.75) is 44.8 Å². The monoisotopic (exact) mass is 236 g/mol. The predicted molar refractivity (Wildman–Crippen MR) is 67.3 cm³/mol. The standard InChI is InChI=1S/C13H20N2O2/c1-2-17-13-8-5-11(9-14-13)15-10-3-6-12(16)7-4-10/h5,8-10,12,15-16H,2-4,6-7H2,1H3. The van der Waals surface area contributed by atoms with E-state index in [9.17, 15) is 5.11 Å². The second-order valence-corrected chi connectivity index (χ2v) is 4.47. The van der Waals surface area contributed by atoms with Gasteiger partial charge < -0.3 is 15.2 Å². The Morgan fingerprint density at radius 3 is 2.71 bits per heavy atom. The largest absolute Gasteiger partial charge is 0.478 e. The van der Waals surface area contributed by atoms with Crippen LogP contribution in [0.15, 0.2) is 18.3 Å². The zero-order valence-electron chi connectivity index (χ0n) is 10.2. The summed E-state index contributed by atoms with van der Waals surface area (Å²) >= 11 is 0. The molecule has 17 heavy (non-hydrogen) atoms. The van der Waals surface area contributed by atoms with Crippen molar-refractivity contribution in [2.24, 2.45) is 0 Å². The van der Waals surface area contributed by atoms with E-state index in [0.717, 1.165) is 31.4 Å². The van der Waals surface area contributed by atoms with Crippen LogP contribution in [0.1, 0.15) is 32.6 Å². The molecule has 1 aromatic rings. The summed E-state index contributed by atoms with van der Waals surface area (Å²) in [6.07, 6.45) is 5.52. The molecule has 0 bridgehead atoms. The second-order valence-electron chi connectivity index (χ2n) is 4.47. The Morgan fingerprint density at radius 2 is 2.12 bits per heavy atom. The number of rotatable bonds is 4. The third-order valence-corrected chi connectivity index (χ3v) is 3.10. The Kier molecular flexibility index (Phi) is 4.20. The van der Waals surface area contributed by atoms with Crippen molar-refractivity contribution in [3.63, 3.8) is 0 Å². The van der Waals surface area contributed by atoms with Crippen molar-refractivity contribution < 1.29 is 9.84 Å². The predicted octanol–water partition coefficient (Wildman–Crippen LogP) is 2.20. The summed E-state index contributed by atoms with van der Waals surface area (Å²) in [7, 11) is 0. The highest BCUT2D eigenvalue weighted by Gasteiger charge is 2.18. The lowest BCUT2D eigenvalue weighted by atomic mass is 9.93. The fourth-order valence-corrected chi connectivity index (χ4v) is 2.15. The molecule has 2 N–H and O–H groups in total. The zero-order valence-corrected chi connectivity index (χ0v) is 10.2. The second kappa shape index (κ2) is 5.87. The fourth-order valence-electron chi connectivity index (χ4n) is 2.15. The molecule has 0 radical (unpaired) electrons. The molecule has 4 nitrogen and oxygen atoms in total. The zero-order chi connectivity index (χ0) is 12.1. The number of pyridine rings is 1. The first-order chi connectivity index (χ1) is 8.28. The first kappa shape index (κ1) is 12.2. The van der Waals surface area contributed by atoms with Crippen LogP contribution in [-0.2, 0) is 0 Å². The molecular formula is C13H20N2O2. The molecule has 0 amide bonds. The van der Waals surface area contributed by atoms with Crippen molar-refractivity contribution >= 4 is 5.69 Å². The Morgan fingerprint density at radius 1 is 1.35 bits per heavy atom. The van der Waals surface area contributed by atoms with E-state index >= 15 is 0 Å². The molecule has 94 valence electrons. The van der Waals surface area contributed by atoms with E-state index in [0.29, 0.717) is 18.5 Å². The van der Waals surface area contributed by atoms with Crippen molar-refractivity contribution in [1.29, 1.82) is 0 Å². The van der Waals surface area contributed by atoms with Crippen LogP contribution >= 0.6 is 0 Å². The van der Waals surface area contributed by atoms with Gasteiger partial charge in [-0.05, 0) is 38.7 Å². The minimum Gasteiger partial charge on any atom is -0.478 e. The molecule has 1 fully saturated rings. The third kappa shape index (κ3) is 3.60. The fraction of sp³-hybridized carbons (Fsp3) is 0.615. The number of ether oxygens (including phenoxy) is 1. The summed E-state index contributed by atoms with van der Waals surface area (Å²) in [5.74, 6) is 0.664. The molecule has 1 heterocycles. The van der Waals surface area contributed by atoms with E-state index in [-0.39, 0.29) is 6.10 Å². The first-order valence-electron chi connectivity index (χ1n) is 6.31. The van der Waals surface area contributed by atoms with Gasteiger partial charge in [0.05, 0.1) is 24.6 Å². The van der Waals surface area contributed by atoms with Gasteiger partial charge >= 0.3 is 0 Å². The van der Waals surface area contributed by atoms with Crippen molar-refractivity contribution in [2.75, 3.05) is 11.9 Å². The van der Waals surface area contributed by atoms with Crippen molar-refractivity contribution in [3.8, 4) is 5.88 Å². The summed E-state index contributed by atoms with van der Waals surface area (Å²) in [6, 6.07) is 4.32. The molecule has 0 atom stereocenters. The first-order valence-corrected chi connectivity index (χ1v) is 6.31. The molecule has 1 aliphatic carbocycles. The average Bonchev–Trinajstić information content (AvgIpc) is 2.35. The van der Waals surface area contributed by atoms with Crippen LogP contribution in [0.3, 0.4) is 0 Å². The van der Waals surface area contributed by atoms with Gasteiger partial charge in [0.2, 0.25) is 5.88 Å². The number of hydrogen-bond acceptors (Lipinski definition) is 4. The molecule has 0 aliphatic heterocycles. The molecule has 0 spiro atoms. The Hall–Kier alpha value is -1.29. The van der Waals surface area contributed by atoms with E-state index in [2.05, 4.69) is 10.3 Å². The van der Waals surface area contributed by atoms with Crippen LogP contribution in [0.5, 0.6) is 5.88 Å². The van der Waals surface area contributed by atoms with Crippen LogP contribution in [0.2, 0.25) is 0 Å². The lowest BCUT2D eigenvalue weighted by Gasteiger charge is -2.26. The summed E-state index contributed by atoms with van der Waals surface area (Å²) in [5, 5.41) is 12.9. The number of aliphatic hydroxyl groups excluding tert-OH is 1. The Labute approximate surface area is 102 Å². The maximum atomic E-state index is 9.43. The number of aliphatic hydroxyl groups is 1. The molecule has 0 unspecified atom stereocenters. The Balaban J connectivity index is 1.86. The van der Waals surface area contributed by atoms with E-state index in [4.69, 9.17) is 4.74 Å². The lowest BCUT2D eigenvalue weighted by Crippen LogP contribution is -2.28. The van der Waals surface area contributed by atoms with Crippen LogP contribution in [0.25, 0.3) is 0 Å². The van der Waals surface area contributed by atoms with Gasteiger partial charge in [0.1, 0.15) is 0 Å². The van der Waals surface area contributed by atoms with Crippen LogP contribution in [-0.4, -0.2) is 28.8 Å². The quantitative estimate of drug-likeness (QED) is 0.841. The molecular weight excluding hydrogens is 216 g/mol. The normalized spacial score (nSPS) is 24.4. The van der Waals surface area contributed by atoms with E-state index in [1.165, 1.54) is 0 Å². The molecule has 0 aromatic carbocycles. The number of nitrogens with one attached hydrogen (secondary N) is 1. The van der Waals surface area contributed by atoms with E-state index < -0.39 is 0 Å². The Bertz CT molecular complexity index is 332. The van der Waals surface area contributed by atoms with Gasteiger partial charge in [-0.3, -0.25) is 0 Å². The van der Waals surface area contributed by atoms with Gasteiger partial charge in [0.15, 0.2) is 0 Å². The van der Waals surface area contributed by atoms with Crippen molar-refractivity contribution in [3.05, 3.63) is 18.3 Å². The van der Waals surface area contributed by atoms with Gasteiger partial charge in [-0.25, -0.2) is 4.98 Å². The minimum atomic E-state index is -0.105. The maximum absolute atomic E-state index is 9.43.